The van der Waals surface area contributed by atoms with Crippen LogP contribution in [0.5, 0.6) is 0 Å². The van der Waals surface area contributed by atoms with Gasteiger partial charge in [-0.3, -0.25) is 4.79 Å². The van der Waals surface area contributed by atoms with Gasteiger partial charge in [-0.05, 0) is 42.6 Å². The Morgan fingerprint density at radius 3 is 2.86 bits per heavy atom. The van der Waals surface area contributed by atoms with Crippen LogP contribution >= 0.6 is 11.3 Å². The highest BCUT2D eigenvalue weighted by Gasteiger charge is 2.22. The number of carbonyl (C=O) groups excluding carboxylic acids is 1. The zero-order valence-electron chi connectivity index (χ0n) is 12.5. The van der Waals surface area contributed by atoms with E-state index in [1.165, 1.54) is 21.6 Å². The molecule has 0 fully saturated rings. The summed E-state index contributed by atoms with van der Waals surface area (Å²) in [4.78, 5) is 16.4. The Morgan fingerprint density at radius 1 is 1.29 bits per heavy atom. The van der Waals surface area contributed by atoms with Crippen molar-refractivity contribution in [3.05, 3.63) is 46.3 Å². The molecule has 0 saturated heterocycles. The predicted molar refractivity (Wildman–Crippen MR) is 88.1 cm³/mol. The fourth-order valence-corrected chi connectivity index (χ4v) is 4.01. The van der Waals surface area contributed by atoms with Crippen LogP contribution in [0.1, 0.15) is 20.8 Å². The van der Waals surface area contributed by atoms with E-state index in [1.807, 2.05) is 14.1 Å². The molecule has 3 rings (SSSR count). The first-order valence-electron chi connectivity index (χ1n) is 7.31. The summed E-state index contributed by atoms with van der Waals surface area (Å²) in [5.74, 6) is 0.127. The zero-order chi connectivity index (χ0) is 14.8. The summed E-state index contributed by atoms with van der Waals surface area (Å²) in [5.41, 5.74) is 4.03. The molecule has 0 spiro atoms. The summed E-state index contributed by atoms with van der Waals surface area (Å²) in [5, 5.41) is 3.08. The van der Waals surface area contributed by atoms with Crippen molar-refractivity contribution >= 4 is 17.2 Å². The third-order valence-corrected chi connectivity index (χ3v) is 5.19. The number of fused-ring (bicyclic) bond motifs is 3. The molecule has 2 aromatic rings. The van der Waals surface area contributed by atoms with Crippen molar-refractivity contribution in [2.24, 2.45) is 0 Å². The molecule has 0 aliphatic heterocycles. The van der Waals surface area contributed by atoms with Gasteiger partial charge in [0.05, 0.1) is 4.88 Å². The lowest BCUT2D eigenvalue weighted by Gasteiger charge is -2.15. The zero-order valence-corrected chi connectivity index (χ0v) is 13.3. The van der Waals surface area contributed by atoms with Crippen LogP contribution in [0.4, 0.5) is 0 Å². The Hall–Kier alpha value is -1.65. The van der Waals surface area contributed by atoms with Crippen molar-refractivity contribution in [1.82, 2.24) is 10.2 Å². The highest BCUT2D eigenvalue weighted by molar-refractivity contribution is 7.17. The van der Waals surface area contributed by atoms with Gasteiger partial charge in [0.25, 0.3) is 5.91 Å². The van der Waals surface area contributed by atoms with Gasteiger partial charge in [-0.15, -0.1) is 11.3 Å². The summed E-state index contributed by atoms with van der Waals surface area (Å²) < 4.78 is 0. The number of benzene rings is 1. The monoisotopic (exact) mass is 300 g/mol. The number of nitrogens with zero attached hydrogens (tertiary/aromatic N) is 1. The molecule has 21 heavy (non-hydrogen) atoms. The fraction of sp³-hybridized carbons (Fsp3) is 0.353. The van der Waals surface area contributed by atoms with E-state index >= 15 is 0 Å². The van der Waals surface area contributed by atoms with Gasteiger partial charge in [0, 0.05) is 25.0 Å². The molecule has 0 radical (unpaired) electrons. The van der Waals surface area contributed by atoms with E-state index in [0.717, 1.165) is 30.8 Å². The third-order valence-electron chi connectivity index (χ3n) is 3.99. The van der Waals surface area contributed by atoms with Gasteiger partial charge >= 0.3 is 0 Å². The van der Waals surface area contributed by atoms with Crippen molar-refractivity contribution in [3.63, 3.8) is 0 Å². The predicted octanol–water partition coefficient (Wildman–Crippen LogP) is 2.81. The molecule has 1 aliphatic carbocycles. The summed E-state index contributed by atoms with van der Waals surface area (Å²) in [6.45, 7) is 1.55. The first-order valence-corrected chi connectivity index (χ1v) is 8.13. The molecule has 1 amide bonds. The Labute approximate surface area is 129 Å². The molecule has 0 atom stereocenters. The van der Waals surface area contributed by atoms with Crippen LogP contribution in [0.3, 0.4) is 0 Å². The number of likely N-dealkylation sites (N-methyl/N-ethyl adjacent to an activating group) is 2. The second kappa shape index (κ2) is 6.00. The largest absolute Gasteiger partial charge is 0.340 e. The van der Waals surface area contributed by atoms with E-state index in [0.29, 0.717) is 0 Å². The minimum absolute atomic E-state index is 0.127. The lowest BCUT2D eigenvalue weighted by molar-refractivity contribution is 0.0801. The van der Waals surface area contributed by atoms with Gasteiger partial charge in [0.2, 0.25) is 0 Å². The third kappa shape index (κ3) is 2.74. The van der Waals surface area contributed by atoms with Crippen LogP contribution in [0, 0.1) is 0 Å². The van der Waals surface area contributed by atoms with E-state index in [1.54, 1.807) is 16.2 Å². The number of nitrogens with one attached hydrogen (secondary N) is 1. The van der Waals surface area contributed by atoms with E-state index in [-0.39, 0.29) is 5.91 Å². The van der Waals surface area contributed by atoms with Crippen molar-refractivity contribution in [2.75, 3.05) is 27.2 Å². The minimum Gasteiger partial charge on any atom is -0.340 e. The summed E-state index contributed by atoms with van der Waals surface area (Å²) >= 11 is 1.64. The van der Waals surface area contributed by atoms with Crippen LogP contribution in [-0.2, 0) is 12.8 Å². The lowest BCUT2D eigenvalue weighted by atomic mass is 9.91. The molecule has 1 heterocycles. The highest BCUT2D eigenvalue weighted by Crippen LogP contribution is 2.39. The number of hydrogen-bond donors (Lipinski definition) is 1. The Kier molecular flexibility index (Phi) is 4.08. The van der Waals surface area contributed by atoms with Crippen LogP contribution < -0.4 is 5.32 Å². The van der Waals surface area contributed by atoms with E-state index in [9.17, 15) is 4.79 Å². The average Bonchev–Trinajstić information content (AvgIpc) is 2.96. The van der Waals surface area contributed by atoms with E-state index in [2.05, 4.69) is 35.6 Å². The van der Waals surface area contributed by atoms with Crippen molar-refractivity contribution in [3.8, 4) is 10.4 Å². The summed E-state index contributed by atoms with van der Waals surface area (Å²) in [6.07, 6.45) is 2.11. The first kappa shape index (κ1) is 14.3. The number of rotatable bonds is 4. The molecule has 4 heteroatoms. The average molecular weight is 300 g/mol. The second-order valence-corrected chi connectivity index (χ2v) is 6.50. The molecule has 0 unspecified atom stereocenters. The van der Waals surface area contributed by atoms with Gasteiger partial charge in [-0.25, -0.2) is 0 Å². The maximum atomic E-state index is 12.5. The molecule has 1 aliphatic rings. The molecular weight excluding hydrogens is 280 g/mol. The van der Waals surface area contributed by atoms with Crippen molar-refractivity contribution in [2.45, 2.75) is 12.8 Å². The molecule has 110 valence electrons. The van der Waals surface area contributed by atoms with Gasteiger partial charge in [0.1, 0.15) is 0 Å². The molecule has 1 aromatic heterocycles. The first-order chi connectivity index (χ1) is 10.2. The topological polar surface area (TPSA) is 32.3 Å². The number of hydrogen-bond acceptors (Lipinski definition) is 3. The minimum atomic E-state index is 0.127. The van der Waals surface area contributed by atoms with Crippen LogP contribution in [0.15, 0.2) is 30.3 Å². The van der Waals surface area contributed by atoms with Gasteiger partial charge in [0.15, 0.2) is 0 Å². The maximum absolute atomic E-state index is 12.5. The molecule has 1 N–H and O–H groups in total. The quantitative estimate of drug-likeness (QED) is 0.941. The Morgan fingerprint density at radius 2 is 2.05 bits per heavy atom. The summed E-state index contributed by atoms with van der Waals surface area (Å²) in [7, 11) is 3.77. The Balaban J connectivity index is 1.88. The van der Waals surface area contributed by atoms with Gasteiger partial charge in [-0.1, -0.05) is 24.3 Å². The fourth-order valence-electron chi connectivity index (χ4n) is 2.75. The smallest absolute Gasteiger partial charge is 0.263 e. The maximum Gasteiger partial charge on any atom is 0.263 e. The van der Waals surface area contributed by atoms with Crippen LogP contribution in [-0.4, -0.2) is 38.0 Å². The molecular formula is C17H20N2OS. The van der Waals surface area contributed by atoms with E-state index < -0.39 is 0 Å². The van der Waals surface area contributed by atoms with Crippen molar-refractivity contribution < 1.29 is 4.79 Å². The molecule has 3 nitrogen and oxygen atoms in total. The molecule has 0 saturated carbocycles. The molecule has 0 bridgehead atoms. The summed E-state index contributed by atoms with van der Waals surface area (Å²) in [6, 6.07) is 10.6. The number of thiophene rings is 1. The SMILES string of the molecule is CNCCN(C)C(=O)c1cc2c(s1)-c1ccccc1CC2. The lowest BCUT2D eigenvalue weighted by Crippen LogP contribution is -2.32. The number of aryl methyl sites for hydroxylation is 2. The Bertz CT molecular complexity index is 663. The standard InChI is InChI=1S/C17H20N2OS/c1-18-9-10-19(2)17(20)15-11-13-8-7-12-5-3-4-6-14(12)16(13)21-15/h3-6,11,18H,7-10H2,1-2H3. The van der Waals surface area contributed by atoms with Gasteiger partial charge < -0.3 is 10.2 Å². The van der Waals surface area contributed by atoms with E-state index in [4.69, 9.17) is 0 Å². The van der Waals surface area contributed by atoms with Gasteiger partial charge in [-0.2, -0.15) is 0 Å². The second-order valence-electron chi connectivity index (χ2n) is 5.45. The van der Waals surface area contributed by atoms with Crippen LogP contribution in [0.25, 0.3) is 10.4 Å². The van der Waals surface area contributed by atoms with Crippen LogP contribution in [0.2, 0.25) is 0 Å². The number of amides is 1. The van der Waals surface area contributed by atoms with Crippen molar-refractivity contribution in [1.29, 1.82) is 0 Å². The number of carbonyl (C=O) groups is 1. The highest BCUT2D eigenvalue weighted by atomic mass is 32.1. The molecule has 1 aromatic carbocycles. The normalized spacial score (nSPS) is 12.7.